The Bertz CT molecular complexity index is 1400. The van der Waals surface area contributed by atoms with E-state index >= 15 is 0 Å². The number of amides is 1. The molecule has 4 rings (SSSR count). The number of aliphatic imine (C=N–C) groups is 1. The number of nitrogens with zero attached hydrogens (tertiary/aromatic N) is 4. The van der Waals surface area contributed by atoms with Crippen LogP contribution in [-0.4, -0.2) is 51.6 Å². The van der Waals surface area contributed by atoms with Gasteiger partial charge in [0.05, 0.1) is 21.3 Å². The van der Waals surface area contributed by atoms with Crippen LogP contribution in [0.2, 0.25) is 10.0 Å². The average molecular weight is 619 g/mol. The second-order valence-electron chi connectivity index (χ2n) is 11.1. The molecule has 1 aliphatic heterocycles. The van der Waals surface area contributed by atoms with Gasteiger partial charge in [0.15, 0.2) is 5.84 Å². The van der Waals surface area contributed by atoms with Gasteiger partial charge in [0, 0.05) is 28.0 Å². The van der Waals surface area contributed by atoms with Crippen LogP contribution in [0.25, 0.3) is 22.3 Å². The van der Waals surface area contributed by atoms with Gasteiger partial charge in [0.2, 0.25) is 0 Å². The number of likely N-dealkylation sites (N-methyl/N-ethyl adjacent to an activating group) is 1. The van der Waals surface area contributed by atoms with Gasteiger partial charge in [0.1, 0.15) is 11.2 Å². The molecule has 0 saturated heterocycles. The van der Waals surface area contributed by atoms with E-state index in [1.165, 1.54) is 4.88 Å². The van der Waals surface area contributed by atoms with Crippen LogP contribution < -0.4 is 5.32 Å². The number of hydrogen-bond acceptors (Lipinski definition) is 5. The van der Waals surface area contributed by atoms with E-state index in [1.807, 2.05) is 64.4 Å². The molecule has 0 atom stereocenters. The van der Waals surface area contributed by atoms with E-state index in [4.69, 9.17) is 28.3 Å². The molecule has 224 valence electrons. The Morgan fingerprint density at radius 1 is 1.12 bits per heavy atom. The third-order valence-corrected chi connectivity index (χ3v) is 8.30. The van der Waals surface area contributed by atoms with Crippen LogP contribution in [0.3, 0.4) is 0 Å². The first-order valence-electron chi connectivity index (χ1n) is 14.1. The van der Waals surface area contributed by atoms with Crippen LogP contribution in [0.15, 0.2) is 41.4 Å². The topological polar surface area (TPSA) is 62.5 Å². The zero-order chi connectivity index (χ0) is 31.1. The van der Waals surface area contributed by atoms with Crippen molar-refractivity contribution >= 4 is 52.4 Å². The van der Waals surface area contributed by atoms with Gasteiger partial charge in [-0.15, -0.1) is 11.3 Å². The van der Waals surface area contributed by atoms with Gasteiger partial charge in [-0.1, -0.05) is 56.5 Å². The maximum atomic E-state index is 12.5. The first kappa shape index (κ1) is 34.7. The Hall–Kier alpha value is -2.45. The summed E-state index contributed by atoms with van der Waals surface area (Å²) in [7, 11) is 3.83. The molecule has 2 aromatic heterocycles. The zero-order valence-electron chi connectivity index (χ0n) is 26.3. The molecule has 0 bridgehead atoms. The van der Waals surface area contributed by atoms with Crippen molar-refractivity contribution in [2.45, 2.75) is 86.2 Å². The van der Waals surface area contributed by atoms with Crippen molar-refractivity contribution in [2.75, 3.05) is 14.1 Å². The summed E-state index contributed by atoms with van der Waals surface area (Å²) in [4.78, 5) is 21.0. The molecule has 1 amide bonds. The van der Waals surface area contributed by atoms with Crippen LogP contribution in [0, 0.1) is 6.92 Å². The molecule has 3 aromatic rings. The first-order valence-corrected chi connectivity index (χ1v) is 15.7. The number of allylic oxidation sites excluding steroid dienone is 1. The number of carbonyl (C=O) groups is 1. The second kappa shape index (κ2) is 14.6. The lowest BCUT2D eigenvalue weighted by Gasteiger charge is -2.27. The van der Waals surface area contributed by atoms with Crippen LogP contribution in [0.5, 0.6) is 0 Å². The van der Waals surface area contributed by atoms with Crippen molar-refractivity contribution < 1.29 is 4.79 Å². The summed E-state index contributed by atoms with van der Waals surface area (Å²) in [6.07, 6.45) is 6.51. The van der Waals surface area contributed by atoms with Crippen molar-refractivity contribution in [3.8, 4) is 16.3 Å². The first-order chi connectivity index (χ1) is 19.2. The molecule has 0 fully saturated rings. The lowest BCUT2D eigenvalue weighted by atomic mass is 10.0. The monoisotopic (exact) mass is 617 g/mol. The highest BCUT2D eigenvalue weighted by Crippen LogP contribution is 2.38. The summed E-state index contributed by atoms with van der Waals surface area (Å²) in [5.41, 5.74) is 2.80. The molecular weight excluding hydrogens is 573 g/mol. The van der Waals surface area contributed by atoms with Crippen LogP contribution in [0.1, 0.15) is 84.4 Å². The highest BCUT2D eigenvalue weighted by Gasteiger charge is 2.42. The summed E-state index contributed by atoms with van der Waals surface area (Å²) in [5.74, 6) is 0.381. The van der Waals surface area contributed by atoms with Gasteiger partial charge in [-0.2, -0.15) is 10.1 Å². The predicted molar refractivity (Wildman–Crippen MR) is 179 cm³/mol. The molecule has 1 aliphatic rings. The van der Waals surface area contributed by atoms with E-state index in [0.717, 1.165) is 29.0 Å². The fourth-order valence-electron chi connectivity index (χ4n) is 3.69. The van der Waals surface area contributed by atoms with Gasteiger partial charge in [-0.3, -0.25) is 4.79 Å². The number of rotatable bonds is 6. The van der Waals surface area contributed by atoms with E-state index in [0.29, 0.717) is 32.8 Å². The maximum absolute atomic E-state index is 12.5. The molecule has 0 aliphatic carbocycles. The van der Waals surface area contributed by atoms with Crippen molar-refractivity contribution in [3.63, 3.8) is 0 Å². The van der Waals surface area contributed by atoms with Gasteiger partial charge in [-0.25, -0.2) is 4.68 Å². The Morgan fingerprint density at radius 2 is 1.76 bits per heavy atom. The summed E-state index contributed by atoms with van der Waals surface area (Å²) in [5, 5.41) is 9.07. The molecular formula is C32H45Cl2N5OS. The van der Waals surface area contributed by atoms with E-state index in [2.05, 4.69) is 62.3 Å². The fraction of sp³-hybridized carbons (Fsp3) is 0.469. The molecule has 0 unspecified atom stereocenters. The van der Waals surface area contributed by atoms with Gasteiger partial charge in [0.25, 0.3) is 5.91 Å². The standard InChI is InChI=1S/C25H26Cl2N4OS.C5H13N.C2H6/c1-6-7-8-9-17-11-13-20(33-17)22-15(2)21(23-28-24(32)25(3,4)30(23)5)29-31(22)19-12-10-16(26)14-18(19)27;1-5(2,3)6-4;1-2/h8-14H,6-7H2,1-5H3;6H,1-4H3;1-2H3/b9-8+;;. The van der Waals surface area contributed by atoms with Crippen LogP contribution >= 0.6 is 34.5 Å². The zero-order valence-corrected chi connectivity index (χ0v) is 28.6. The molecule has 0 radical (unpaired) electrons. The quantitative estimate of drug-likeness (QED) is 0.299. The van der Waals surface area contributed by atoms with E-state index in [1.54, 1.807) is 23.5 Å². The van der Waals surface area contributed by atoms with Gasteiger partial charge in [-0.05, 0) is 91.4 Å². The molecule has 41 heavy (non-hydrogen) atoms. The molecule has 6 nitrogen and oxygen atoms in total. The normalized spacial score (nSPS) is 14.5. The number of hydrogen-bond donors (Lipinski definition) is 1. The fourth-order valence-corrected chi connectivity index (χ4v) is 5.20. The summed E-state index contributed by atoms with van der Waals surface area (Å²) in [6.45, 7) is 18.3. The second-order valence-corrected chi connectivity index (χ2v) is 13.0. The number of aromatic nitrogens is 2. The van der Waals surface area contributed by atoms with E-state index in [-0.39, 0.29) is 5.91 Å². The van der Waals surface area contributed by atoms with Crippen LogP contribution in [0.4, 0.5) is 0 Å². The Morgan fingerprint density at radius 3 is 2.27 bits per heavy atom. The third kappa shape index (κ3) is 8.31. The smallest absolute Gasteiger partial charge is 0.273 e. The number of amidine groups is 1. The number of nitrogens with one attached hydrogen (secondary N) is 1. The molecule has 9 heteroatoms. The summed E-state index contributed by atoms with van der Waals surface area (Å²) >= 11 is 14.4. The third-order valence-electron chi connectivity index (χ3n) is 6.71. The Balaban J connectivity index is 0.000000654. The minimum atomic E-state index is -0.718. The lowest BCUT2D eigenvalue weighted by molar-refractivity contribution is -0.123. The molecule has 1 aromatic carbocycles. The summed E-state index contributed by atoms with van der Waals surface area (Å²) in [6, 6.07) is 9.56. The number of unbranched alkanes of at least 4 members (excludes halogenated alkanes) is 1. The SMILES string of the molecule is CC.CCC/C=C/c1ccc(-c2c(C)c(C3=NC(=O)C(C)(C)N3C)nn2-c2ccc(Cl)cc2Cl)s1.CNC(C)(C)C. The maximum Gasteiger partial charge on any atom is 0.273 e. The number of thiophene rings is 1. The van der Waals surface area contributed by atoms with Gasteiger partial charge < -0.3 is 10.2 Å². The van der Waals surface area contributed by atoms with Crippen LogP contribution in [-0.2, 0) is 4.79 Å². The Labute approximate surface area is 260 Å². The highest BCUT2D eigenvalue weighted by molar-refractivity contribution is 7.16. The van der Waals surface area contributed by atoms with Crippen molar-refractivity contribution in [1.82, 2.24) is 20.0 Å². The summed E-state index contributed by atoms with van der Waals surface area (Å²) < 4.78 is 1.83. The highest BCUT2D eigenvalue weighted by atomic mass is 35.5. The molecule has 1 N–H and O–H groups in total. The number of halogens is 2. The minimum Gasteiger partial charge on any atom is -0.343 e. The van der Waals surface area contributed by atoms with Crippen molar-refractivity contribution in [2.24, 2.45) is 4.99 Å². The minimum absolute atomic E-state index is 0.181. The van der Waals surface area contributed by atoms with Crippen molar-refractivity contribution in [3.05, 3.63) is 62.6 Å². The van der Waals surface area contributed by atoms with Gasteiger partial charge >= 0.3 is 0 Å². The number of carbonyl (C=O) groups excluding carboxylic acids is 1. The Kier molecular flexibility index (Phi) is 12.4. The largest absolute Gasteiger partial charge is 0.343 e. The molecule has 0 saturated carbocycles. The molecule has 3 heterocycles. The molecule has 0 spiro atoms. The van der Waals surface area contributed by atoms with E-state index < -0.39 is 5.54 Å². The predicted octanol–water partition coefficient (Wildman–Crippen LogP) is 9.06. The number of benzene rings is 1. The van der Waals surface area contributed by atoms with Crippen molar-refractivity contribution in [1.29, 1.82) is 0 Å². The average Bonchev–Trinajstić information content (AvgIpc) is 3.56. The lowest BCUT2D eigenvalue weighted by Crippen LogP contribution is -2.44. The van der Waals surface area contributed by atoms with E-state index in [9.17, 15) is 4.79 Å².